The molecule has 0 radical (unpaired) electrons. The number of carbonyl (C=O) groups excluding carboxylic acids is 1. The van der Waals surface area contributed by atoms with Gasteiger partial charge in [-0.1, -0.05) is 32.0 Å². The van der Waals surface area contributed by atoms with E-state index in [-0.39, 0.29) is 18.5 Å². The second-order valence-corrected chi connectivity index (χ2v) is 5.81. The number of nitriles is 1. The zero-order valence-electron chi connectivity index (χ0n) is 13.4. The summed E-state index contributed by atoms with van der Waals surface area (Å²) in [6, 6.07) is 14.7. The normalized spacial score (nSPS) is 11.7. The standard InChI is InChI=1S/C19H20N2O2/c1-14(2)12-18(17-8-3-4-11-21-17)23-19(22)16-7-5-6-15(13-16)9-10-20/h3-8,11,13-14,18H,9,12H2,1-2H3. The van der Waals surface area contributed by atoms with Gasteiger partial charge in [-0.05, 0) is 42.2 Å². The third-order valence-corrected chi connectivity index (χ3v) is 3.40. The van der Waals surface area contributed by atoms with Gasteiger partial charge in [0.15, 0.2) is 0 Å². The highest BCUT2D eigenvalue weighted by Gasteiger charge is 2.20. The molecule has 1 atom stereocenters. The third-order valence-electron chi connectivity index (χ3n) is 3.40. The van der Waals surface area contributed by atoms with Gasteiger partial charge in [-0.15, -0.1) is 0 Å². The van der Waals surface area contributed by atoms with Gasteiger partial charge < -0.3 is 4.74 Å². The van der Waals surface area contributed by atoms with E-state index in [9.17, 15) is 4.79 Å². The van der Waals surface area contributed by atoms with Crippen LogP contribution in [0.5, 0.6) is 0 Å². The largest absolute Gasteiger partial charge is 0.452 e. The van der Waals surface area contributed by atoms with E-state index >= 15 is 0 Å². The van der Waals surface area contributed by atoms with Crippen molar-refractivity contribution in [1.29, 1.82) is 5.26 Å². The van der Waals surface area contributed by atoms with Gasteiger partial charge in [0, 0.05) is 6.20 Å². The Kier molecular flexibility index (Phi) is 5.87. The molecule has 118 valence electrons. The number of pyridine rings is 1. The van der Waals surface area contributed by atoms with Gasteiger partial charge in [0.2, 0.25) is 0 Å². The number of ether oxygens (including phenoxy) is 1. The topological polar surface area (TPSA) is 63.0 Å². The lowest BCUT2D eigenvalue weighted by Gasteiger charge is -2.19. The molecule has 0 aliphatic heterocycles. The predicted octanol–water partition coefficient (Wildman–Crippen LogP) is 4.09. The monoisotopic (exact) mass is 308 g/mol. The van der Waals surface area contributed by atoms with E-state index in [0.717, 1.165) is 11.3 Å². The van der Waals surface area contributed by atoms with E-state index in [0.29, 0.717) is 17.9 Å². The Bertz CT molecular complexity index is 690. The molecule has 2 aromatic rings. The molecular formula is C19H20N2O2. The summed E-state index contributed by atoms with van der Waals surface area (Å²) in [6.45, 7) is 4.16. The molecule has 1 aromatic heterocycles. The second-order valence-electron chi connectivity index (χ2n) is 5.81. The van der Waals surface area contributed by atoms with Gasteiger partial charge in [-0.2, -0.15) is 5.26 Å². The number of esters is 1. The second kappa shape index (κ2) is 8.09. The summed E-state index contributed by atoms with van der Waals surface area (Å²) in [4.78, 5) is 16.7. The number of nitrogens with zero attached hydrogens (tertiary/aromatic N) is 2. The van der Waals surface area contributed by atoms with Crippen molar-refractivity contribution in [1.82, 2.24) is 4.98 Å². The van der Waals surface area contributed by atoms with Crippen molar-refractivity contribution in [2.75, 3.05) is 0 Å². The van der Waals surface area contributed by atoms with Gasteiger partial charge in [0.25, 0.3) is 0 Å². The van der Waals surface area contributed by atoms with Crippen molar-refractivity contribution in [2.45, 2.75) is 32.8 Å². The number of benzene rings is 1. The van der Waals surface area contributed by atoms with Crippen molar-refractivity contribution in [3.8, 4) is 6.07 Å². The quantitative estimate of drug-likeness (QED) is 0.754. The highest BCUT2D eigenvalue weighted by atomic mass is 16.5. The minimum Gasteiger partial charge on any atom is -0.452 e. The summed E-state index contributed by atoms with van der Waals surface area (Å²) in [6.07, 6.45) is 2.31. The summed E-state index contributed by atoms with van der Waals surface area (Å²) in [5.41, 5.74) is 2.02. The first-order chi connectivity index (χ1) is 11.1. The van der Waals surface area contributed by atoms with Crippen LogP contribution < -0.4 is 0 Å². The lowest BCUT2D eigenvalue weighted by Crippen LogP contribution is -2.15. The number of carbonyl (C=O) groups is 1. The van der Waals surface area contributed by atoms with Crippen molar-refractivity contribution in [3.05, 3.63) is 65.5 Å². The van der Waals surface area contributed by atoms with E-state index in [4.69, 9.17) is 10.00 Å². The van der Waals surface area contributed by atoms with Crippen molar-refractivity contribution in [3.63, 3.8) is 0 Å². The smallest absolute Gasteiger partial charge is 0.338 e. The van der Waals surface area contributed by atoms with Gasteiger partial charge >= 0.3 is 5.97 Å². The van der Waals surface area contributed by atoms with Crippen LogP contribution in [0, 0.1) is 17.2 Å². The number of hydrogen-bond acceptors (Lipinski definition) is 4. The molecule has 0 spiro atoms. The number of hydrogen-bond donors (Lipinski definition) is 0. The third kappa shape index (κ3) is 4.93. The molecular weight excluding hydrogens is 288 g/mol. The van der Waals surface area contributed by atoms with Crippen LogP contribution in [0.3, 0.4) is 0 Å². The lowest BCUT2D eigenvalue weighted by atomic mass is 10.0. The van der Waals surface area contributed by atoms with Crippen LogP contribution in [-0.4, -0.2) is 11.0 Å². The van der Waals surface area contributed by atoms with Gasteiger partial charge in [0.1, 0.15) is 6.10 Å². The fraction of sp³-hybridized carbons (Fsp3) is 0.316. The SMILES string of the molecule is CC(C)CC(OC(=O)c1cccc(CC#N)c1)c1ccccn1. The summed E-state index contributed by atoms with van der Waals surface area (Å²) >= 11 is 0. The highest BCUT2D eigenvalue weighted by Crippen LogP contribution is 2.25. The molecule has 0 bridgehead atoms. The fourth-order valence-corrected chi connectivity index (χ4v) is 2.32. The zero-order chi connectivity index (χ0) is 16.7. The van der Waals surface area contributed by atoms with Gasteiger partial charge in [-0.25, -0.2) is 4.79 Å². The van der Waals surface area contributed by atoms with Crippen LogP contribution >= 0.6 is 0 Å². The fourth-order valence-electron chi connectivity index (χ4n) is 2.32. The summed E-state index contributed by atoms with van der Waals surface area (Å²) in [5.74, 6) is -0.0131. The highest BCUT2D eigenvalue weighted by molar-refractivity contribution is 5.89. The first kappa shape index (κ1) is 16.7. The molecule has 1 aromatic carbocycles. The zero-order valence-corrected chi connectivity index (χ0v) is 13.4. The molecule has 4 heteroatoms. The average molecular weight is 308 g/mol. The van der Waals surface area contributed by atoms with Crippen molar-refractivity contribution >= 4 is 5.97 Å². The summed E-state index contributed by atoms with van der Waals surface area (Å²) in [5, 5.41) is 8.77. The Labute approximate surface area is 136 Å². The Morgan fingerprint density at radius 3 is 2.74 bits per heavy atom. The van der Waals surface area contributed by atoms with Crippen LogP contribution in [0.15, 0.2) is 48.7 Å². The molecule has 1 unspecified atom stereocenters. The molecule has 0 amide bonds. The van der Waals surface area contributed by atoms with Crippen LogP contribution in [0.4, 0.5) is 0 Å². The number of aromatic nitrogens is 1. The van der Waals surface area contributed by atoms with E-state index in [1.54, 1.807) is 24.4 Å². The summed E-state index contributed by atoms with van der Waals surface area (Å²) < 4.78 is 5.68. The van der Waals surface area contributed by atoms with E-state index in [1.807, 2.05) is 24.3 Å². The lowest BCUT2D eigenvalue weighted by molar-refractivity contribution is 0.0237. The molecule has 23 heavy (non-hydrogen) atoms. The maximum atomic E-state index is 12.4. The maximum absolute atomic E-state index is 12.4. The van der Waals surface area contributed by atoms with Crippen LogP contribution in [-0.2, 0) is 11.2 Å². The van der Waals surface area contributed by atoms with E-state index in [1.165, 1.54) is 0 Å². The molecule has 0 aliphatic rings. The predicted molar refractivity (Wildman–Crippen MR) is 87.6 cm³/mol. The first-order valence-corrected chi connectivity index (χ1v) is 7.68. The molecule has 0 fully saturated rings. The Morgan fingerprint density at radius 1 is 1.26 bits per heavy atom. The van der Waals surface area contributed by atoms with E-state index in [2.05, 4.69) is 24.9 Å². The molecule has 0 aliphatic carbocycles. The molecule has 0 N–H and O–H groups in total. The minimum absolute atomic E-state index is 0.275. The Hall–Kier alpha value is -2.67. The Balaban J connectivity index is 2.17. The van der Waals surface area contributed by atoms with Crippen molar-refractivity contribution < 1.29 is 9.53 Å². The van der Waals surface area contributed by atoms with Crippen LogP contribution in [0.2, 0.25) is 0 Å². The van der Waals surface area contributed by atoms with Crippen LogP contribution in [0.1, 0.15) is 48.0 Å². The number of rotatable bonds is 6. The van der Waals surface area contributed by atoms with Gasteiger partial charge in [0.05, 0.1) is 23.7 Å². The van der Waals surface area contributed by atoms with Gasteiger partial charge in [-0.3, -0.25) is 4.98 Å². The van der Waals surface area contributed by atoms with E-state index < -0.39 is 0 Å². The van der Waals surface area contributed by atoms with Crippen molar-refractivity contribution in [2.24, 2.45) is 5.92 Å². The molecule has 0 saturated heterocycles. The minimum atomic E-state index is -0.388. The Morgan fingerprint density at radius 2 is 2.09 bits per heavy atom. The van der Waals surface area contributed by atoms with Crippen LogP contribution in [0.25, 0.3) is 0 Å². The molecule has 4 nitrogen and oxygen atoms in total. The first-order valence-electron chi connectivity index (χ1n) is 7.68. The summed E-state index contributed by atoms with van der Waals surface area (Å²) in [7, 11) is 0. The molecule has 1 heterocycles. The maximum Gasteiger partial charge on any atom is 0.338 e. The average Bonchev–Trinajstić information content (AvgIpc) is 2.55. The molecule has 0 saturated carbocycles. The molecule has 2 rings (SSSR count).